The summed E-state index contributed by atoms with van der Waals surface area (Å²) in [5.41, 5.74) is 1.96. The number of carbonyl (C=O) groups is 4. The molecule has 2 aromatic rings. The van der Waals surface area contributed by atoms with E-state index in [9.17, 15) is 28.7 Å². The number of hydrogen-bond acceptors (Lipinski definition) is 6. The van der Waals surface area contributed by atoms with Crippen molar-refractivity contribution in [3.05, 3.63) is 77.3 Å². The van der Waals surface area contributed by atoms with Gasteiger partial charge in [0.1, 0.15) is 17.3 Å². The molecule has 222 valence electrons. The lowest BCUT2D eigenvalue weighted by Gasteiger charge is -2.51. The summed E-state index contributed by atoms with van der Waals surface area (Å²) in [4.78, 5) is 53.9. The Balaban J connectivity index is 1.39. The fourth-order valence-electron chi connectivity index (χ4n) is 7.72. The fourth-order valence-corrected chi connectivity index (χ4v) is 8.67. The summed E-state index contributed by atoms with van der Waals surface area (Å²) in [6.07, 6.45) is 4.31. The minimum atomic E-state index is -2.03. The summed E-state index contributed by atoms with van der Waals surface area (Å²) >= 11 is 14.7. The van der Waals surface area contributed by atoms with Gasteiger partial charge in [0.2, 0.25) is 11.8 Å². The molecule has 0 aromatic heterocycles. The van der Waals surface area contributed by atoms with Gasteiger partial charge in [0, 0.05) is 24.4 Å². The average molecular weight is 625 g/mol. The fraction of sp³-hybridized carbons (Fsp3) is 0.375. The molecule has 2 saturated heterocycles. The van der Waals surface area contributed by atoms with Crippen LogP contribution in [0.25, 0.3) is 0 Å². The van der Waals surface area contributed by atoms with E-state index in [-0.39, 0.29) is 49.1 Å². The Morgan fingerprint density at radius 2 is 1.77 bits per heavy atom. The number of halogens is 3. The maximum Gasteiger partial charge on any atom is 0.258 e. The van der Waals surface area contributed by atoms with E-state index in [1.165, 1.54) is 29.4 Å². The smallest absolute Gasteiger partial charge is 0.258 e. The van der Waals surface area contributed by atoms with Crippen molar-refractivity contribution < 1.29 is 33.4 Å². The third kappa shape index (κ3) is 3.73. The number of benzene rings is 2. The minimum Gasteiger partial charge on any atom is -0.508 e. The number of alkyl halides is 2. The molecule has 7 rings (SSSR count). The van der Waals surface area contributed by atoms with Crippen LogP contribution in [0.4, 0.5) is 10.1 Å². The number of nitrogens with zero attached hydrogens (tertiary/aromatic N) is 2. The predicted molar refractivity (Wildman–Crippen MR) is 155 cm³/mol. The number of rotatable bonds is 4. The van der Waals surface area contributed by atoms with Gasteiger partial charge in [-0.05, 0) is 73.2 Å². The van der Waals surface area contributed by atoms with E-state index in [0.29, 0.717) is 28.9 Å². The van der Waals surface area contributed by atoms with Crippen LogP contribution in [0.2, 0.25) is 0 Å². The van der Waals surface area contributed by atoms with Gasteiger partial charge in [-0.15, -0.1) is 23.2 Å². The van der Waals surface area contributed by atoms with E-state index in [1.54, 1.807) is 12.1 Å². The summed E-state index contributed by atoms with van der Waals surface area (Å²) in [6.45, 7) is 2.17. The van der Waals surface area contributed by atoms with Crippen molar-refractivity contribution >= 4 is 52.5 Å². The quantitative estimate of drug-likeness (QED) is 0.296. The lowest BCUT2D eigenvalue weighted by molar-refractivity contribution is -0.140. The molecule has 1 N–H and O–H groups in total. The molecule has 3 fully saturated rings. The van der Waals surface area contributed by atoms with Crippen molar-refractivity contribution in [3.8, 4) is 11.5 Å². The number of fused-ring (bicyclic) bond motifs is 5. The lowest BCUT2D eigenvalue weighted by Crippen LogP contribution is -2.61. The topological polar surface area (TPSA) is 104 Å². The monoisotopic (exact) mass is 624 g/mol. The van der Waals surface area contributed by atoms with Crippen LogP contribution >= 0.6 is 23.2 Å². The third-order valence-corrected chi connectivity index (χ3v) is 11.0. The van der Waals surface area contributed by atoms with Gasteiger partial charge in [-0.3, -0.25) is 24.1 Å². The highest BCUT2D eigenvalue weighted by molar-refractivity contribution is 6.58. The van der Waals surface area contributed by atoms with Gasteiger partial charge in [0.05, 0.1) is 23.8 Å². The summed E-state index contributed by atoms with van der Waals surface area (Å²) < 4.78 is 19.7. The second kappa shape index (κ2) is 9.66. The van der Waals surface area contributed by atoms with Crippen LogP contribution in [0.3, 0.4) is 0 Å². The largest absolute Gasteiger partial charge is 0.508 e. The van der Waals surface area contributed by atoms with Crippen molar-refractivity contribution in [2.45, 2.75) is 42.4 Å². The van der Waals surface area contributed by atoms with Crippen LogP contribution in [-0.2, 0) is 25.6 Å². The minimum absolute atomic E-state index is 0.0257. The third-order valence-electron chi connectivity index (χ3n) is 9.58. The first-order chi connectivity index (χ1) is 20.5. The molecule has 6 unspecified atom stereocenters. The zero-order valence-corrected chi connectivity index (χ0v) is 24.6. The number of imide groups is 2. The Morgan fingerprint density at radius 1 is 1.02 bits per heavy atom. The van der Waals surface area contributed by atoms with Crippen LogP contribution in [0.5, 0.6) is 11.5 Å². The molecule has 0 radical (unpaired) electrons. The molecule has 3 aliphatic heterocycles. The Hall–Kier alpha value is -3.69. The molecule has 11 heteroatoms. The Kier molecular flexibility index (Phi) is 6.31. The number of phenols is 1. The molecule has 0 spiro atoms. The number of allylic oxidation sites excluding steroid dienone is 3. The van der Waals surface area contributed by atoms with Crippen molar-refractivity contribution in [1.29, 1.82) is 0 Å². The first kappa shape index (κ1) is 28.1. The standard InChI is InChI=1S/C32H27Cl2FN2O6/c1-2-11-36-27(39)22-9-8-21-23(25(22)28(36)40)14-31(33)29(41)37(19-5-3-18(35)4-6-19)30(42)32(31,34)26(21)17-12-16-13-20(38)7-10-24(16)43-15-17/h3-8,10,13,15,22-23,25-26,38H,2,9,11-12,14H2,1H3. The molecule has 0 bridgehead atoms. The number of ether oxygens (including phenoxy) is 1. The molecule has 8 nitrogen and oxygen atoms in total. The van der Waals surface area contributed by atoms with Gasteiger partial charge in [-0.25, -0.2) is 9.29 Å². The number of aromatic hydroxyl groups is 1. The second-order valence-corrected chi connectivity index (χ2v) is 13.1. The highest BCUT2D eigenvalue weighted by Crippen LogP contribution is 2.65. The predicted octanol–water partition coefficient (Wildman–Crippen LogP) is 4.86. The van der Waals surface area contributed by atoms with Crippen LogP contribution in [-0.4, -0.2) is 49.9 Å². The number of anilines is 1. The van der Waals surface area contributed by atoms with Gasteiger partial charge in [-0.1, -0.05) is 18.6 Å². The van der Waals surface area contributed by atoms with Gasteiger partial charge >= 0.3 is 0 Å². The van der Waals surface area contributed by atoms with E-state index in [1.807, 2.05) is 13.0 Å². The van der Waals surface area contributed by atoms with Crippen molar-refractivity contribution in [1.82, 2.24) is 4.90 Å². The first-order valence-corrected chi connectivity index (χ1v) is 15.0. The molecule has 1 saturated carbocycles. The summed E-state index contributed by atoms with van der Waals surface area (Å²) in [5, 5.41) is 10.2. The summed E-state index contributed by atoms with van der Waals surface area (Å²) in [5.74, 6) is -5.11. The second-order valence-electron chi connectivity index (χ2n) is 11.9. The molecule has 43 heavy (non-hydrogen) atoms. The van der Waals surface area contributed by atoms with Crippen LogP contribution in [0.1, 0.15) is 31.7 Å². The zero-order valence-electron chi connectivity index (χ0n) is 23.1. The van der Waals surface area contributed by atoms with E-state index in [4.69, 9.17) is 27.9 Å². The van der Waals surface area contributed by atoms with Crippen LogP contribution < -0.4 is 9.64 Å². The summed E-state index contributed by atoms with van der Waals surface area (Å²) in [7, 11) is 0. The van der Waals surface area contributed by atoms with Crippen LogP contribution in [0.15, 0.2) is 65.9 Å². The lowest BCUT2D eigenvalue weighted by atomic mass is 9.56. The van der Waals surface area contributed by atoms with E-state index < -0.39 is 51.1 Å². The van der Waals surface area contributed by atoms with Gasteiger partial charge in [-0.2, -0.15) is 0 Å². The maximum absolute atomic E-state index is 14.4. The van der Waals surface area contributed by atoms with Crippen molar-refractivity contribution in [2.75, 3.05) is 11.4 Å². The number of hydrogen-bond donors (Lipinski definition) is 1. The Bertz CT molecular complexity index is 1670. The number of phenolic OH excluding ortho intramolecular Hbond substituents is 1. The molecule has 5 aliphatic rings. The molecule has 6 atom stereocenters. The highest BCUT2D eigenvalue weighted by atomic mass is 35.5. The SMILES string of the molecule is CCCN1C(=O)C2CC=C3C(CC4(Cl)C(=O)N(c5ccc(F)cc5)C(=O)C4(Cl)C3C3=COc4ccc(O)cc4C3)C2C1=O. The Labute approximate surface area is 256 Å². The Morgan fingerprint density at radius 3 is 2.49 bits per heavy atom. The average Bonchev–Trinajstić information content (AvgIpc) is 3.31. The molecule has 4 amide bonds. The molecule has 3 heterocycles. The van der Waals surface area contributed by atoms with Gasteiger partial charge in [0.25, 0.3) is 11.8 Å². The number of amides is 4. The van der Waals surface area contributed by atoms with Gasteiger partial charge in [0.15, 0.2) is 9.75 Å². The summed E-state index contributed by atoms with van der Waals surface area (Å²) in [6, 6.07) is 9.56. The number of likely N-dealkylation sites (tertiary alicyclic amines) is 1. The van der Waals surface area contributed by atoms with E-state index in [0.717, 1.165) is 17.0 Å². The normalized spacial score (nSPS) is 32.9. The first-order valence-electron chi connectivity index (χ1n) is 14.3. The van der Waals surface area contributed by atoms with Crippen molar-refractivity contribution in [3.63, 3.8) is 0 Å². The maximum atomic E-state index is 14.4. The number of carbonyl (C=O) groups excluding carboxylic acids is 4. The van der Waals surface area contributed by atoms with E-state index >= 15 is 0 Å². The molecule has 2 aromatic carbocycles. The molecular formula is C32H27Cl2FN2O6. The molecular weight excluding hydrogens is 598 g/mol. The zero-order chi connectivity index (χ0) is 30.4. The molecule has 2 aliphatic carbocycles. The van der Waals surface area contributed by atoms with E-state index in [2.05, 4.69) is 0 Å². The van der Waals surface area contributed by atoms with Gasteiger partial charge < -0.3 is 9.84 Å². The highest BCUT2D eigenvalue weighted by Gasteiger charge is 2.77. The van der Waals surface area contributed by atoms with Crippen molar-refractivity contribution in [2.24, 2.45) is 23.7 Å². The van der Waals surface area contributed by atoms with Crippen LogP contribution in [0, 0.1) is 29.5 Å².